The van der Waals surface area contributed by atoms with Gasteiger partial charge < -0.3 is 53.7 Å². The molecule has 73 heavy (non-hydrogen) atoms. The normalized spacial score (nSPS) is 37.3. The van der Waals surface area contributed by atoms with Crippen LogP contribution in [0.15, 0.2) is 47.6 Å². The van der Waals surface area contributed by atoms with E-state index < -0.39 is 77.8 Å². The quantitative estimate of drug-likeness (QED) is 0.0613. The number of methoxy groups -OCH3 is 2. The van der Waals surface area contributed by atoms with Crippen molar-refractivity contribution in [3.05, 3.63) is 47.6 Å². The summed E-state index contributed by atoms with van der Waals surface area (Å²) in [7, 11) is 3.02. The number of unbranched alkanes of at least 4 members (excludes halogenated alkanes) is 1. The number of ether oxygens (including phenoxy) is 6. The summed E-state index contributed by atoms with van der Waals surface area (Å²) in [4.78, 5) is 72.7. The molecule has 1 unspecified atom stereocenters. The Hall–Kier alpha value is -3.45. The maximum Gasteiger partial charge on any atom is 0.329 e. The number of Topliss-reactive ketones (excluding diaryl/α,β-unsaturated/α-hetero) is 3. The molecule has 4 rings (SSSR count). The number of esters is 1. The molecule has 0 spiro atoms. The molecule has 15 atom stereocenters. The highest BCUT2D eigenvalue weighted by molar-refractivity contribution is 6.39. The average Bonchev–Trinajstić information content (AvgIpc) is 3.37. The molecule has 16 nitrogen and oxygen atoms in total. The molecular weight excluding hydrogens is 939 g/mol. The summed E-state index contributed by atoms with van der Waals surface area (Å²) < 4.78 is 36.4. The molecule has 3 fully saturated rings. The van der Waals surface area contributed by atoms with Crippen LogP contribution in [0.2, 0.25) is 0 Å². The van der Waals surface area contributed by atoms with Gasteiger partial charge in [-0.05, 0) is 126 Å². The standard InChI is InChI=1S/C57H91NO15/c1-36-18-11-10-12-19-37(2)48(71-28-16-15-26-59)34-44-23-21-42(7)57(67,73-44)54(64)55(65)58-25-14-13-20-45(58)56(66)72-49(39(4)32-43-22-24-47(50(33-43)68-8)70-29-17-27-60)35-46(61)38(3)31-41(6)52(63)53(69-9)51(62)40(5)30-36/h10-12,18-19,31,36,38-40,42-45,47-50,52-53,59-60,63,67H,13-17,20-30,32-35H2,1-9H3/b12-10+,18-11+,37-19+,41-31+/t36-,38-,39-,40-,42-,43+,44+,45+,47-,48?,49+,50-,52-,53+,57-/m1/s1. The number of rotatable bonds is 14. The van der Waals surface area contributed by atoms with E-state index in [9.17, 15) is 44.4 Å². The number of hydrogen-bond acceptors (Lipinski definition) is 15. The Kier molecular flexibility index (Phi) is 26.3. The van der Waals surface area contributed by atoms with Crippen molar-refractivity contribution in [2.75, 3.05) is 47.2 Å². The van der Waals surface area contributed by atoms with E-state index in [0.717, 1.165) is 18.4 Å². The van der Waals surface area contributed by atoms with Gasteiger partial charge in [-0.15, -0.1) is 0 Å². The zero-order valence-corrected chi connectivity index (χ0v) is 45.4. The van der Waals surface area contributed by atoms with E-state index in [-0.39, 0.29) is 80.5 Å². The highest BCUT2D eigenvalue weighted by atomic mass is 16.6. The molecule has 3 aliphatic heterocycles. The van der Waals surface area contributed by atoms with Crippen molar-refractivity contribution < 1.29 is 72.8 Å². The Balaban J connectivity index is 1.71. The number of amides is 1. The molecule has 0 radical (unpaired) electrons. The number of nitrogens with zero attached hydrogens (tertiary/aromatic N) is 1. The van der Waals surface area contributed by atoms with Crippen LogP contribution >= 0.6 is 0 Å². The van der Waals surface area contributed by atoms with Crippen LogP contribution in [-0.4, -0.2) is 156 Å². The lowest BCUT2D eigenvalue weighted by Crippen LogP contribution is -2.61. The van der Waals surface area contributed by atoms with Crippen LogP contribution in [0.25, 0.3) is 0 Å². The molecule has 4 N–H and O–H groups in total. The maximum atomic E-state index is 14.6. The van der Waals surface area contributed by atoms with E-state index in [2.05, 4.69) is 0 Å². The first-order chi connectivity index (χ1) is 34.8. The monoisotopic (exact) mass is 1030 g/mol. The Morgan fingerprint density at radius 1 is 0.808 bits per heavy atom. The number of piperidine rings is 1. The number of cyclic esters (lactones) is 1. The van der Waals surface area contributed by atoms with Crippen molar-refractivity contribution in [3.8, 4) is 0 Å². The summed E-state index contributed by atoms with van der Waals surface area (Å²) >= 11 is 0. The molecule has 3 heterocycles. The number of allylic oxidation sites excluding steroid dienone is 6. The van der Waals surface area contributed by atoms with Crippen LogP contribution in [0.1, 0.15) is 145 Å². The highest BCUT2D eigenvalue weighted by Gasteiger charge is 2.53. The van der Waals surface area contributed by atoms with E-state index >= 15 is 0 Å². The van der Waals surface area contributed by atoms with Gasteiger partial charge >= 0.3 is 5.97 Å². The van der Waals surface area contributed by atoms with Gasteiger partial charge in [0.25, 0.3) is 11.7 Å². The van der Waals surface area contributed by atoms with E-state index in [1.165, 1.54) is 12.0 Å². The third-order valence-electron chi connectivity index (χ3n) is 15.7. The van der Waals surface area contributed by atoms with Gasteiger partial charge in [-0.25, -0.2) is 4.79 Å². The minimum atomic E-state index is -2.47. The minimum absolute atomic E-state index is 0.00606. The second-order valence-electron chi connectivity index (χ2n) is 21.6. The van der Waals surface area contributed by atoms with Crippen molar-refractivity contribution >= 4 is 29.2 Å². The van der Waals surface area contributed by atoms with Gasteiger partial charge in [0.2, 0.25) is 5.79 Å². The number of carbonyl (C=O) groups excluding carboxylic acids is 5. The largest absolute Gasteiger partial charge is 0.460 e. The lowest BCUT2D eigenvalue weighted by atomic mass is 9.78. The molecule has 1 saturated carbocycles. The Bertz CT molecular complexity index is 1900. The predicted octanol–water partition coefficient (Wildman–Crippen LogP) is 6.73. The zero-order valence-electron chi connectivity index (χ0n) is 45.4. The lowest BCUT2D eigenvalue weighted by Gasteiger charge is -2.43. The zero-order chi connectivity index (χ0) is 53.8. The third kappa shape index (κ3) is 18.1. The molecule has 0 aromatic carbocycles. The van der Waals surface area contributed by atoms with Crippen LogP contribution in [0.3, 0.4) is 0 Å². The SMILES string of the molecule is CO[C@@H]1C[C@H](C[C@@H](C)[C@@H]2CC(=O)[C@H](C)/C=C(\C)[C@@H](O)[C@@H](OC)C(=O)[C@H](C)C[C@H](C)/C=C/C=C/C=C(\C)C(OCCCCO)C[C@@H]3CC[C@@H](C)[C@@](O)(O3)C(=O)C(=O)N3CCCC[C@H]3C(=O)O2)CC[C@H]1OCCCO. The van der Waals surface area contributed by atoms with Gasteiger partial charge in [0.05, 0.1) is 24.4 Å². The van der Waals surface area contributed by atoms with Crippen LogP contribution in [0.5, 0.6) is 0 Å². The Morgan fingerprint density at radius 3 is 2.23 bits per heavy atom. The number of aliphatic hydroxyl groups is 4. The molecule has 1 amide bonds. The second-order valence-corrected chi connectivity index (χ2v) is 21.6. The summed E-state index contributed by atoms with van der Waals surface area (Å²) in [5, 5.41) is 42.4. The smallest absolute Gasteiger partial charge is 0.329 e. The summed E-state index contributed by atoms with van der Waals surface area (Å²) in [5.74, 6) is -8.12. The fourth-order valence-corrected chi connectivity index (χ4v) is 10.9. The molecule has 414 valence electrons. The molecule has 2 bridgehead atoms. The van der Waals surface area contributed by atoms with Gasteiger partial charge in [-0.2, -0.15) is 0 Å². The fraction of sp³-hybridized carbons (Fsp3) is 0.772. The second kappa shape index (κ2) is 30.9. The molecule has 1 aliphatic carbocycles. The van der Waals surface area contributed by atoms with Gasteiger partial charge in [0.1, 0.15) is 30.1 Å². The molecule has 2 saturated heterocycles. The first-order valence-corrected chi connectivity index (χ1v) is 27.2. The number of fused-ring (bicyclic) bond motifs is 3. The van der Waals surface area contributed by atoms with Crippen molar-refractivity contribution in [2.45, 2.75) is 199 Å². The summed E-state index contributed by atoms with van der Waals surface area (Å²) in [6, 6.07) is -1.16. The molecule has 0 aromatic heterocycles. The lowest BCUT2D eigenvalue weighted by molar-refractivity contribution is -0.266. The molecule has 16 heteroatoms. The average molecular weight is 1030 g/mol. The Morgan fingerprint density at radius 2 is 1.53 bits per heavy atom. The van der Waals surface area contributed by atoms with E-state index in [0.29, 0.717) is 83.0 Å². The first-order valence-electron chi connectivity index (χ1n) is 27.2. The van der Waals surface area contributed by atoms with Crippen molar-refractivity contribution in [1.29, 1.82) is 0 Å². The first kappa shape index (κ1) is 62.1. The number of carbonyl (C=O) groups is 5. The van der Waals surface area contributed by atoms with Crippen molar-refractivity contribution in [3.63, 3.8) is 0 Å². The van der Waals surface area contributed by atoms with Gasteiger partial charge in [-0.1, -0.05) is 71.1 Å². The van der Waals surface area contributed by atoms with Crippen molar-refractivity contribution in [1.82, 2.24) is 4.90 Å². The predicted molar refractivity (Wildman–Crippen MR) is 276 cm³/mol. The third-order valence-corrected chi connectivity index (χ3v) is 15.7. The van der Waals surface area contributed by atoms with E-state index in [1.807, 2.05) is 58.1 Å². The fourth-order valence-electron chi connectivity index (χ4n) is 10.9. The number of hydrogen-bond donors (Lipinski definition) is 4. The Labute approximate surface area is 435 Å². The topological polar surface area (TPSA) is 225 Å². The summed E-state index contributed by atoms with van der Waals surface area (Å²) in [6.45, 7) is 13.6. The molecule has 0 aromatic rings. The highest BCUT2D eigenvalue weighted by Crippen LogP contribution is 2.38. The minimum Gasteiger partial charge on any atom is -0.460 e. The summed E-state index contributed by atoms with van der Waals surface area (Å²) in [6.07, 6.45) is 13.5. The molecular formula is C57H91NO15. The van der Waals surface area contributed by atoms with Gasteiger partial charge in [0, 0.05) is 77.8 Å². The number of ketones is 3. The summed E-state index contributed by atoms with van der Waals surface area (Å²) in [5.41, 5.74) is 1.24. The van der Waals surface area contributed by atoms with Gasteiger partial charge in [0.15, 0.2) is 5.78 Å². The van der Waals surface area contributed by atoms with E-state index in [1.54, 1.807) is 34.0 Å². The van der Waals surface area contributed by atoms with E-state index in [4.69, 9.17) is 28.4 Å². The maximum absolute atomic E-state index is 14.6. The van der Waals surface area contributed by atoms with Crippen LogP contribution in [0.4, 0.5) is 0 Å². The number of aliphatic hydroxyl groups excluding tert-OH is 3. The van der Waals surface area contributed by atoms with Crippen LogP contribution in [-0.2, 0) is 52.4 Å². The van der Waals surface area contributed by atoms with Crippen LogP contribution in [0, 0.1) is 35.5 Å². The van der Waals surface area contributed by atoms with Crippen molar-refractivity contribution in [2.24, 2.45) is 35.5 Å². The van der Waals surface area contributed by atoms with Gasteiger partial charge in [-0.3, -0.25) is 19.2 Å². The van der Waals surface area contributed by atoms with Crippen LogP contribution < -0.4 is 0 Å². The molecule has 4 aliphatic rings.